The van der Waals surface area contributed by atoms with Crippen LogP contribution in [0.2, 0.25) is 0 Å². The van der Waals surface area contributed by atoms with E-state index in [1.54, 1.807) is 11.8 Å². The van der Waals surface area contributed by atoms with Gasteiger partial charge in [0, 0.05) is 19.1 Å². The number of amides is 2. The second-order valence-corrected chi connectivity index (χ2v) is 5.78. The van der Waals surface area contributed by atoms with Gasteiger partial charge in [-0.25, -0.2) is 4.79 Å². The van der Waals surface area contributed by atoms with E-state index in [-0.39, 0.29) is 18.5 Å². The highest BCUT2D eigenvalue weighted by atomic mass is 16.5. The van der Waals surface area contributed by atoms with Crippen LogP contribution in [0.1, 0.15) is 39.0 Å². The van der Waals surface area contributed by atoms with E-state index in [1.165, 1.54) is 32.4 Å². The van der Waals surface area contributed by atoms with Crippen LogP contribution >= 0.6 is 0 Å². The van der Waals surface area contributed by atoms with Gasteiger partial charge >= 0.3 is 12.0 Å². The fourth-order valence-electron chi connectivity index (χ4n) is 3.19. The summed E-state index contributed by atoms with van der Waals surface area (Å²) in [5, 5.41) is 2.63. The van der Waals surface area contributed by atoms with E-state index in [0.29, 0.717) is 12.6 Å². The predicted molar refractivity (Wildman–Crippen MR) is 80.1 cm³/mol. The molecule has 120 valence electrons. The zero-order chi connectivity index (χ0) is 15.1. The number of nitrogens with zero attached hydrogens (tertiary/aromatic N) is 2. The molecule has 21 heavy (non-hydrogen) atoms. The van der Waals surface area contributed by atoms with E-state index in [9.17, 15) is 9.59 Å². The Bertz CT molecular complexity index is 348. The van der Waals surface area contributed by atoms with Gasteiger partial charge in [-0.3, -0.25) is 4.79 Å². The third-order valence-corrected chi connectivity index (χ3v) is 4.35. The monoisotopic (exact) mass is 297 g/mol. The summed E-state index contributed by atoms with van der Waals surface area (Å²) in [6.45, 7) is 6.02. The molecule has 1 N–H and O–H groups in total. The fourth-order valence-corrected chi connectivity index (χ4v) is 3.19. The van der Waals surface area contributed by atoms with Gasteiger partial charge in [0.25, 0.3) is 0 Å². The van der Waals surface area contributed by atoms with Crippen LogP contribution < -0.4 is 5.32 Å². The van der Waals surface area contributed by atoms with Crippen LogP contribution in [0.25, 0.3) is 0 Å². The Kier molecular flexibility index (Phi) is 6.29. The summed E-state index contributed by atoms with van der Waals surface area (Å²) in [6.07, 6.45) is 6.03. The van der Waals surface area contributed by atoms with Gasteiger partial charge in [0.2, 0.25) is 0 Å². The van der Waals surface area contributed by atoms with Crippen LogP contribution in [-0.4, -0.2) is 67.2 Å². The van der Waals surface area contributed by atoms with Crippen LogP contribution in [0.15, 0.2) is 0 Å². The number of nitrogens with one attached hydrogen (secondary N) is 1. The van der Waals surface area contributed by atoms with E-state index >= 15 is 0 Å². The molecule has 0 spiro atoms. The standard InChI is InChI=1S/C15H27N3O3/c1-2-21-14(19)12-16-15(20)18-10-6-13(7-11-18)17-8-4-3-5-9-17/h13H,2-12H2,1H3,(H,16,20). The van der Waals surface area contributed by atoms with Crippen molar-refractivity contribution >= 4 is 12.0 Å². The van der Waals surface area contributed by atoms with E-state index in [0.717, 1.165) is 25.9 Å². The average molecular weight is 297 g/mol. The molecule has 0 aromatic heterocycles. The van der Waals surface area contributed by atoms with Gasteiger partial charge in [-0.1, -0.05) is 6.42 Å². The van der Waals surface area contributed by atoms with Gasteiger partial charge in [-0.15, -0.1) is 0 Å². The second kappa shape index (κ2) is 8.22. The molecule has 2 saturated heterocycles. The first-order chi connectivity index (χ1) is 10.2. The summed E-state index contributed by atoms with van der Waals surface area (Å²) in [7, 11) is 0. The minimum Gasteiger partial charge on any atom is -0.465 e. The Morgan fingerprint density at radius 3 is 2.38 bits per heavy atom. The van der Waals surface area contributed by atoms with Gasteiger partial charge < -0.3 is 19.9 Å². The molecule has 0 aliphatic carbocycles. The summed E-state index contributed by atoms with van der Waals surface area (Å²) in [6, 6.07) is 0.472. The van der Waals surface area contributed by atoms with E-state index in [4.69, 9.17) is 4.74 Å². The molecule has 0 radical (unpaired) electrons. The smallest absolute Gasteiger partial charge is 0.325 e. The maximum Gasteiger partial charge on any atom is 0.325 e. The average Bonchev–Trinajstić information content (AvgIpc) is 2.54. The quantitative estimate of drug-likeness (QED) is 0.792. The van der Waals surface area contributed by atoms with Crippen molar-refractivity contribution in [3.05, 3.63) is 0 Å². The molecule has 2 aliphatic rings. The minimum atomic E-state index is -0.381. The second-order valence-electron chi connectivity index (χ2n) is 5.78. The number of rotatable bonds is 4. The van der Waals surface area contributed by atoms with Crippen molar-refractivity contribution < 1.29 is 14.3 Å². The molecule has 0 bridgehead atoms. The van der Waals surface area contributed by atoms with E-state index in [2.05, 4.69) is 10.2 Å². The number of urea groups is 1. The highest BCUT2D eigenvalue weighted by molar-refractivity contribution is 5.80. The zero-order valence-electron chi connectivity index (χ0n) is 13.0. The number of likely N-dealkylation sites (tertiary alicyclic amines) is 2. The van der Waals surface area contributed by atoms with Crippen molar-refractivity contribution in [3.8, 4) is 0 Å². The molecule has 0 unspecified atom stereocenters. The Labute approximate surface area is 126 Å². The predicted octanol–water partition coefficient (Wildman–Crippen LogP) is 1.21. The van der Waals surface area contributed by atoms with Crippen molar-refractivity contribution in [2.24, 2.45) is 0 Å². The van der Waals surface area contributed by atoms with Gasteiger partial charge in [-0.2, -0.15) is 0 Å². The number of esters is 1. The molecular formula is C15H27N3O3. The Morgan fingerprint density at radius 1 is 1.10 bits per heavy atom. The third kappa shape index (κ3) is 4.88. The lowest BCUT2D eigenvalue weighted by Gasteiger charge is -2.40. The molecule has 0 atom stereocenters. The summed E-state index contributed by atoms with van der Waals surface area (Å²) in [5.41, 5.74) is 0. The van der Waals surface area contributed by atoms with Crippen molar-refractivity contribution in [2.45, 2.75) is 45.1 Å². The maximum absolute atomic E-state index is 12.0. The first-order valence-corrected chi connectivity index (χ1v) is 8.13. The van der Waals surface area contributed by atoms with Crippen LogP contribution in [0.4, 0.5) is 4.79 Å². The Balaban J connectivity index is 1.68. The number of piperidine rings is 2. The number of hydrogen-bond donors (Lipinski definition) is 1. The Morgan fingerprint density at radius 2 is 1.76 bits per heavy atom. The molecule has 2 amide bonds. The first kappa shape index (κ1) is 16.1. The zero-order valence-corrected chi connectivity index (χ0v) is 13.0. The van der Waals surface area contributed by atoms with Crippen LogP contribution in [-0.2, 0) is 9.53 Å². The number of hydrogen-bond acceptors (Lipinski definition) is 4. The number of ether oxygens (including phenoxy) is 1. The largest absolute Gasteiger partial charge is 0.465 e. The first-order valence-electron chi connectivity index (χ1n) is 8.13. The van der Waals surface area contributed by atoms with Gasteiger partial charge in [0.15, 0.2) is 0 Å². The van der Waals surface area contributed by atoms with Crippen molar-refractivity contribution in [2.75, 3.05) is 39.3 Å². The normalized spacial score (nSPS) is 21.1. The van der Waals surface area contributed by atoms with Gasteiger partial charge in [0.05, 0.1) is 6.61 Å². The molecule has 6 heteroatoms. The lowest BCUT2D eigenvalue weighted by molar-refractivity contribution is -0.141. The molecular weight excluding hydrogens is 270 g/mol. The van der Waals surface area contributed by atoms with Gasteiger partial charge in [-0.05, 0) is 45.7 Å². The molecule has 2 heterocycles. The van der Waals surface area contributed by atoms with Gasteiger partial charge in [0.1, 0.15) is 6.54 Å². The van der Waals surface area contributed by atoms with Crippen LogP contribution in [0.3, 0.4) is 0 Å². The fraction of sp³-hybridized carbons (Fsp3) is 0.867. The minimum absolute atomic E-state index is 0.0429. The number of carbonyl (C=O) groups excluding carboxylic acids is 2. The summed E-state index contributed by atoms with van der Waals surface area (Å²) in [4.78, 5) is 27.6. The lowest BCUT2D eigenvalue weighted by Crippen LogP contribution is -2.51. The maximum atomic E-state index is 12.0. The third-order valence-electron chi connectivity index (χ3n) is 4.35. The molecule has 0 aromatic carbocycles. The number of carbonyl (C=O) groups is 2. The summed E-state index contributed by atoms with van der Waals surface area (Å²) >= 11 is 0. The Hall–Kier alpha value is -1.30. The molecule has 6 nitrogen and oxygen atoms in total. The lowest BCUT2D eigenvalue weighted by atomic mass is 10.0. The van der Waals surface area contributed by atoms with Crippen molar-refractivity contribution in [3.63, 3.8) is 0 Å². The molecule has 0 saturated carbocycles. The van der Waals surface area contributed by atoms with Crippen LogP contribution in [0.5, 0.6) is 0 Å². The molecule has 2 aliphatic heterocycles. The van der Waals surface area contributed by atoms with Crippen molar-refractivity contribution in [1.29, 1.82) is 0 Å². The topological polar surface area (TPSA) is 61.9 Å². The highest BCUT2D eigenvalue weighted by Crippen LogP contribution is 2.20. The molecule has 2 fully saturated rings. The molecule has 2 rings (SSSR count). The molecule has 0 aromatic rings. The SMILES string of the molecule is CCOC(=O)CNC(=O)N1CCC(N2CCCCC2)CC1. The summed E-state index contributed by atoms with van der Waals surface area (Å²) in [5.74, 6) is -0.381. The summed E-state index contributed by atoms with van der Waals surface area (Å²) < 4.78 is 4.80. The highest BCUT2D eigenvalue weighted by Gasteiger charge is 2.27. The van der Waals surface area contributed by atoms with E-state index in [1.807, 2.05) is 0 Å². The van der Waals surface area contributed by atoms with E-state index < -0.39 is 0 Å². The van der Waals surface area contributed by atoms with Crippen molar-refractivity contribution in [1.82, 2.24) is 15.1 Å². The van der Waals surface area contributed by atoms with Crippen LogP contribution in [0, 0.1) is 0 Å².